The zero-order chi connectivity index (χ0) is 19.8. The van der Waals surface area contributed by atoms with Crippen molar-refractivity contribution in [1.82, 2.24) is 0 Å². The van der Waals surface area contributed by atoms with E-state index in [1.54, 1.807) is 24.3 Å². The monoisotopic (exact) mass is 397 g/mol. The van der Waals surface area contributed by atoms with Crippen molar-refractivity contribution in [2.75, 3.05) is 12.4 Å². The van der Waals surface area contributed by atoms with E-state index in [9.17, 15) is 14.4 Å². The Hall–Kier alpha value is -2.93. The summed E-state index contributed by atoms with van der Waals surface area (Å²) in [6.45, 7) is 2.17. The second-order valence-corrected chi connectivity index (χ2v) is 8.09. The molecule has 7 heteroatoms. The van der Waals surface area contributed by atoms with Crippen molar-refractivity contribution < 1.29 is 18.7 Å². The molecule has 0 saturated heterocycles. The molecule has 6 nitrogen and oxygen atoms in total. The van der Waals surface area contributed by atoms with Crippen molar-refractivity contribution in [1.29, 1.82) is 0 Å². The first-order valence-corrected chi connectivity index (χ1v) is 9.86. The number of anilines is 1. The number of hydrogen-bond acceptors (Lipinski definition) is 6. The molecule has 1 aliphatic rings. The zero-order valence-electron chi connectivity index (χ0n) is 15.5. The van der Waals surface area contributed by atoms with Crippen LogP contribution >= 0.6 is 11.3 Å². The van der Waals surface area contributed by atoms with Crippen LogP contribution in [0.1, 0.15) is 44.7 Å². The van der Waals surface area contributed by atoms with E-state index in [0.29, 0.717) is 27.3 Å². The average molecular weight is 397 g/mol. The molecule has 28 heavy (non-hydrogen) atoms. The van der Waals surface area contributed by atoms with Gasteiger partial charge in [-0.1, -0.05) is 25.1 Å². The molecule has 1 atom stereocenters. The first kappa shape index (κ1) is 18.4. The van der Waals surface area contributed by atoms with Gasteiger partial charge in [0.05, 0.1) is 18.1 Å². The van der Waals surface area contributed by atoms with Gasteiger partial charge >= 0.3 is 11.6 Å². The molecule has 0 radical (unpaired) electrons. The lowest BCUT2D eigenvalue weighted by Gasteiger charge is -2.18. The van der Waals surface area contributed by atoms with Crippen LogP contribution in [0, 0.1) is 5.92 Å². The number of benzene rings is 1. The van der Waals surface area contributed by atoms with E-state index in [4.69, 9.17) is 9.15 Å². The number of ether oxygens (including phenoxy) is 1. The normalized spacial score (nSPS) is 15.9. The lowest BCUT2D eigenvalue weighted by molar-refractivity contribution is 0.0601. The number of hydrogen-bond donors (Lipinski definition) is 1. The van der Waals surface area contributed by atoms with Gasteiger partial charge in [0.2, 0.25) is 0 Å². The maximum Gasteiger partial charge on any atom is 0.344 e. The summed E-state index contributed by atoms with van der Waals surface area (Å²) in [4.78, 5) is 38.4. The van der Waals surface area contributed by atoms with Crippen LogP contribution in [0.25, 0.3) is 10.8 Å². The topological polar surface area (TPSA) is 85.6 Å². The van der Waals surface area contributed by atoms with Gasteiger partial charge in [-0.3, -0.25) is 4.79 Å². The van der Waals surface area contributed by atoms with Gasteiger partial charge < -0.3 is 14.5 Å². The smallest absolute Gasteiger partial charge is 0.344 e. The third-order valence-electron chi connectivity index (χ3n) is 5.02. The summed E-state index contributed by atoms with van der Waals surface area (Å²) in [6, 6.07) is 8.44. The number of nitrogens with one attached hydrogen (secondary N) is 1. The third-order valence-corrected chi connectivity index (χ3v) is 6.19. The first-order chi connectivity index (χ1) is 13.5. The predicted molar refractivity (Wildman–Crippen MR) is 107 cm³/mol. The molecular formula is C21H19NO5S. The largest absolute Gasteiger partial charge is 0.465 e. The summed E-state index contributed by atoms with van der Waals surface area (Å²) in [5.41, 5.74) is 0.784. The summed E-state index contributed by atoms with van der Waals surface area (Å²) in [7, 11) is 1.33. The molecule has 0 aliphatic heterocycles. The van der Waals surface area contributed by atoms with Gasteiger partial charge in [-0.05, 0) is 48.3 Å². The standard InChI is InChI=1S/C21H19NO5S/c1-11-7-8-14-16(9-11)28-19(17(14)21(25)26-2)22-18(23)15-10-12-5-3-4-6-13(12)20(24)27-15/h3-6,10-11H,7-9H2,1-2H3,(H,22,23)/t11-/m1/s1. The van der Waals surface area contributed by atoms with E-state index in [1.165, 1.54) is 24.5 Å². The van der Waals surface area contributed by atoms with Gasteiger partial charge in [0.15, 0.2) is 5.76 Å². The predicted octanol–water partition coefficient (Wildman–Crippen LogP) is 4.02. The minimum Gasteiger partial charge on any atom is -0.465 e. The Labute approximate surface area is 165 Å². The second kappa shape index (κ2) is 7.24. The molecule has 0 saturated carbocycles. The summed E-state index contributed by atoms with van der Waals surface area (Å²) in [5, 5.41) is 4.22. The van der Waals surface area contributed by atoms with Crippen molar-refractivity contribution in [3.05, 3.63) is 62.5 Å². The molecule has 2 heterocycles. The van der Waals surface area contributed by atoms with Gasteiger partial charge in [-0.2, -0.15) is 0 Å². The number of fused-ring (bicyclic) bond motifs is 2. The zero-order valence-corrected chi connectivity index (χ0v) is 16.4. The first-order valence-electron chi connectivity index (χ1n) is 9.05. The minimum atomic E-state index is -0.573. The molecule has 1 aliphatic carbocycles. The van der Waals surface area contributed by atoms with Crippen LogP contribution in [0.5, 0.6) is 0 Å². The number of rotatable bonds is 3. The average Bonchev–Trinajstić information content (AvgIpc) is 3.04. The molecule has 144 valence electrons. The van der Waals surface area contributed by atoms with E-state index >= 15 is 0 Å². The van der Waals surface area contributed by atoms with Crippen LogP contribution in [0.2, 0.25) is 0 Å². The van der Waals surface area contributed by atoms with Crippen molar-refractivity contribution in [2.24, 2.45) is 5.92 Å². The number of carbonyl (C=O) groups is 2. The van der Waals surface area contributed by atoms with E-state index in [1.807, 2.05) is 0 Å². The number of amides is 1. The summed E-state index contributed by atoms with van der Waals surface area (Å²) >= 11 is 1.39. The molecule has 1 amide bonds. The summed E-state index contributed by atoms with van der Waals surface area (Å²) < 4.78 is 10.1. The van der Waals surface area contributed by atoms with Gasteiger partial charge in [-0.15, -0.1) is 11.3 Å². The molecule has 0 fully saturated rings. The highest BCUT2D eigenvalue weighted by atomic mass is 32.1. The minimum absolute atomic E-state index is 0.0979. The highest BCUT2D eigenvalue weighted by Crippen LogP contribution is 2.40. The maximum absolute atomic E-state index is 12.8. The Bertz CT molecular complexity index is 1140. The highest BCUT2D eigenvalue weighted by molar-refractivity contribution is 7.17. The molecule has 4 rings (SSSR count). The Kier molecular flexibility index (Phi) is 4.77. The fourth-order valence-electron chi connectivity index (χ4n) is 3.57. The van der Waals surface area contributed by atoms with E-state index in [-0.39, 0.29) is 5.76 Å². The Morgan fingerprint density at radius 3 is 2.86 bits per heavy atom. The number of thiophene rings is 1. The SMILES string of the molecule is COC(=O)c1c(NC(=O)c2cc3ccccc3c(=O)o2)sc2c1CC[C@@H](C)C2. The molecule has 2 aromatic heterocycles. The van der Waals surface area contributed by atoms with E-state index < -0.39 is 17.5 Å². The summed E-state index contributed by atoms with van der Waals surface area (Å²) in [5.74, 6) is -0.611. The number of carbonyl (C=O) groups excluding carboxylic acids is 2. The maximum atomic E-state index is 12.8. The van der Waals surface area contributed by atoms with Gasteiger partial charge in [0, 0.05) is 4.88 Å². The van der Waals surface area contributed by atoms with Crippen molar-refractivity contribution in [3.8, 4) is 0 Å². The molecule has 0 spiro atoms. The second-order valence-electron chi connectivity index (χ2n) is 6.99. The van der Waals surface area contributed by atoms with Gasteiger partial charge in [0.1, 0.15) is 5.00 Å². The van der Waals surface area contributed by atoms with E-state index in [2.05, 4.69) is 12.2 Å². The molecule has 1 N–H and O–H groups in total. The van der Waals surface area contributed by atoms with Crippen LogP contribution in [-0.4, -0.2) is 19.0 Å². The van der Waals surface area contributed by atoms with Gasteiger partial charge in [-0.25, -0.2) is 9.59 Å². The third kappa shape index (κ3) is 3.22. The Balaban J connectivity index is 1.72. The van der Waals surface area contributed by atoms with Crippen molar-refractivity contribution >= 4 is 39.0 Å². The molecule has 0 unspecified atom stereocenters. The van der Waals surface area contributed by atoms with E-state index in [0.717, 1.165) is 29.7 Å². The van der Waals surface area contributed by atoms with Crippen LogP contribution in [-0.2, 0) is 17.6 Å². The lowest BCUT2D eigenvalue weighted by atomic mass is 9.88. The summed E-state index contributed by atoms with van der Waals surface area (Å²) in [6.07, 6.45) is 2.63. The van der Waals surface area contributed by atoms with Gasteiger partial charge in [0.25, 0.3) is 5.91 Å². The molecule has 1 aromatic carbocycles. The van der Waals surface area contributed by atoms with Crippen LogP contribution < -0.4 is 10.9 Å². The molecular weight excluding hydrogens is 378 g/mol. The fourth-order valence-corrected chi connectivity index (χ4v) is 4.96. The van der Waals surface area contributed by atoms with Crippen molar-refractivity contribution in [2.45, 2.75) is 26.2 Å². The fraction of sp³-hybridized carbons (Fsp3) is 0.286. The Morgan fingerprint density at radius 2 is 2.07 bits per heavy atom. The molecule has 0 bridgehead atoms. The Morgan fingerprint density at radius 1 is 1.29 bits per heavy atom. The highest BCUT2D eigenvalue weighted by Gasteiger charge is 2.29. The number of esters is 1. The van der Waals surface area contributed by atoms with Crippen LogP contribution in [0.15, 0.2) is 39.5 Å². The number of methoxy groups -OCH3 is 1. The lowest BCUT2D eigenvalue weighted by Crippen LogP contribution is -2.17. The van der Waals surface area contributed by atoms with Crippen molar-refractivity contribution in [3.63, 3.8) is 0 Å². The van der Waals surface area contributed by atoms with Crippen LogP contribution in [0.3, 0.4) is 0 Å². The molecule has 3 aromatic rings. The quantitative estimate of drug-likeness (QED) is 0.675. The van der Waals surface area contributed by atoms with Crippen LogP contribution in [0.4, 0.5) is 5.00 Å².